The summed E-state index contributed by atoms with van der Waals surface area (Å²) in [6, 6.07) is 7.73. The molecular weight excluding hydrogens is 264 g/mol. The number of carbonyl (C=O) groups is 1. The standard InChI is InChI=1S/C16H20N4O/c1-4-8-17-15(21)13-7-9-18-16(19-13)20-14-10-11(2)5-6-12(14)3/h5-7,9-10H,4,8H2,1-3H3,(H,17,21)(H,18,19,20). The van der Waals surface area contributed by atoms with Crippen molar-refractivity contribution < 1.29 is 4.79 Å². The van der Waals surface area contributed by atoms with E-state index in [1.54, 1.807) is 12.3 Å². The highest BCUT2D eigenvalue weighted by molar-refractivity contribution is 5.92. The highest BCUT2D eigenvalue weighted by Crippen LogP contribution is 2.19. The van der Waals surface area contributed by atoms with Crippen LogP contribution in [0.15, 0.2) is 30.5 Å². The van der Waals surface area contributed by atoms with Crippen LogP contribution in [0, 0.1) is 13.8 Å². The Labute approximate surface area is 124 Å². The van der Waals surface area contributed by atoms with Gasteiger partial charge in [0.05, 0.1) is 0 Å². The summed E-state index contributed by atoms with van der Waals surface area (Å²) in [7, 11) is 0. The molecule has 2 rings (SSSR count). The average Bonchev–Trinajstić information content (AvgIpc) is 2.49. The molecule has 5 heteroatoms. The first-order chi connectivity index (χ1) is 10.1. The van der Waals surface area contributed by atoms with Gasteiger partial charge in [0.2, 0.25) is 5.95 Å². The van der Waals surface area contributed by atoms with E-state index in [9.17, 15) is 4.79 Å². The second-order valence-electron chi connectivity index (χ2n) is 4.96. The van der Waals surface area contributed by atoms with Crippen molar-refractivity contribution in [3.63, 3.8) is 0 Å². The van der Waals surface area contributed by atoms with Crippen LogP contribution in [-0.4, -0.2) is 22.4 Å². The summed E-state index contributed by atoms with van der Waals surface area (Å²) in [6.07, 6.45) is 2.48. The lowest BCUT2D eigenvalue weighted by Gasteiger charge is -2.10. The number of benzene rings is 1. The number of aryl methyl sites for hydroxylation is 2. The molecule has 1 aromatic carbocycles. The topological polar surface area (TPSA) is 66.9 Å². The summed E-state index contributed by atoms with van der Waals surface area (Å²) in [5.41, 5.74) is 3.57. The zero-order valence-electron chi connectivity index (χ0n) is 12.6. The van der Waals surface area contributed by atoms with Gasteiger partial charge in [-0.25, -0.2) is 9.97 Å². The third kappa shape index (κ3) is 4.02. The van der Waals surface area contributed by atoms with Gasteiger partial charge < -0.3 is 10.6 Å². The minimum atomic E-state index is -0.178. The quantitative estimate of drug-likeness (QED) is 0.885. The smallest absolute Gasteiger partial charge is 0.270 e. The Balaban J connectivity index is 2.17. The molecule has 0 aliphatic carbocycles. The van der Waals surface area contributed by atoms with Crippen LogP contribution < -0.4 is 10.6 Å². The number of nitrogens with one attached hydrogen (secondary N) is 2. The van der Waals surface area contributed by atoms with E-state index in [0.717, 1.165) is 23.2 Å². The van der Waals surface area contributed by atoms with Crippen LogP contribution in [0.1, 0.15) is 35.0 Å². The van der Waals surface area contributed by atoms with Gasteiger partial charge >= 0.3 is 0 Å². The fourth-order valence-electron chi connectivity index (χ4n) is 1.87. The first-order valence-electron chi connectivity index (χ1n) is 7.05. The normalized spacial score (nSPS) is 10.2. The van der Waals surface area contributed by atoms with Gasteiger partial charge in [0.1, 0.15) is 5.69 Å². The number of amides is 1. The Bertz CT molecular complexity index is 640. The minimum absolute atomic E-state index is 0.178. The lowest BCUT2D eigenvalue weighted by atomic mass is 10.1. The van der Waals surface area contributed by atoms with Gasteiger partial charge in [-0.05, 0) is 43.5 Å². The first kappa shape index (κ1) is 15.0. The van der Waals surface area contributed by atoms with Crippen LogP contribution in [0.2, 0.25) is 0 Å². The summed E-state index contributed by atoms with van der Waals surface area (Å²) in [5.74, 6) is 0.246. The molecule has 5 nitrogen and oxygen atoms in total. The Morgan fingerprint density at radius 1 is 1.24 bits per heavy atom. The Morgan fingerprint density at radius 2 is 2.05 bits per heavy atom. The van der Waals surface area contributed by atoms with Crippen molar-refractivity contribution in [2.75, 3.05) is 11.9 Å². The highest BCUT2D eigenvalue weighted by atomic mass is 16.1. The zero-order chi connectivity index (χ0) is 15.2. The molecule has 1 heterocycles. The number of aromatic nitrogens is 2. The van der Waals surface area contributed by atoms with Crippen LogP contribution in [0.5, 0.6) is 0 Å². The van der Waals surface area contributed by atoms with Crippen molar-refractivity contribution in [3.05, 3.63) is 47.3 Å². The molecule has 0 aliphatic heterocycles. The van der Waals surface area contributed by atoms with Crippen LogP contribution in [-0.2, 0) is 0 Å². The maximum atomic E-state index is 11.9. The maximum absolute atomic E-state index is 11.9. The van der Waals surface area contributed by atoms with E-state index in [2.05, 4.69) is 26.7 Å². The Hall–Kier alpha value is -2.43. The molecule has 1 amide bonds. The molecule has 0 aliphatic rings. The van der Waals surface area contributed by atoms with Gasteiger partial charge in [-0.3, -0.25) is 4.79 Å². The number of hydrogen-bond acceptors (Lipinski definition) is 4. The first-order valence-corrected chi connectivity index (χ1v) is 7.05. The number of carbonyl (C=O) groups excluding carboxylic acids is 1. The molecule has 0 saturated heterocycles. The Morgan fingerprint density at radius 3 is 2.81 bits per heavy atom. The predicted molar refractivity (Wildman–Crippen MR) is 83.9 cm³/mol. The SMILES string of the molecule is CCCNC(=O)c1ccnc(Nc2cc(C)ccc2C)n1. The summed E-state index contributed by atoms with van der Waals surface area (Å²) in [6.45, 7) is 6.69. The second-order valence-corrected chi connectivity index (χ2v) is 4.96. The Kier molecular flexibility index (Phi) is 4.87. The van der Waals surface area contributed by atoms with E-state index >= 15 is 0 Å². The molecule has 2 N–H and O–H groups in total. The fraction of sp³-hybridized carbons (Fsp3) is 0.312. The third-order valence-electron chi connectivity index (χ3n) is 3.06. The molecule has 0 unspecified atom stereocenters. The van der Waals surface area contributed by atoms with Crippen LogP contribution in [0.4, 0.5) is 11.6 Å². The molecular formula is C16H20N4O. The number of rotatable bonds is 5. The summed E-state index contributed by atoms with van der Waals surface area (Å²) < 4.78 is 0. The molecule has 2 aromatic rings. The zero-order valence-corrected chi connectivity index (χ0v) is 12.6. The summed E-state index contributed by atoms with van der Waals surface area (Å²) >= 11 is 0. The van der Waals surface area contributed by atoms with Gasteiger partial charge in [-0.1, -0.05) is 19.1 Å². The monoisotopic (exact) mass is 284 g/mol. The van der Waals surface area contributed by atoms with E-state index in [4.69, 9.17) is 0 Å². The lowest BCUT2D eigenvalue weighted by molar-refractivity contribution is 0.0948. The third-order valence-corrected chi connectivity index (χ3v) is 3.06. The molecule has 21 heavy (non-hydrogen) atoms. The fourth-order valence-corrected chi connectivity index (χ4v) is 1.87. The van der Waals surface area contributed by atoms with Crippen molar-refractivity contribution in [1.82, 2.24) is 15.3 Å². The van der Waals surface area contributed by atoms with E-state index in [-0.39, 0.29) is 5.91 Å². The summed E-state index contributed by atoms with van der Waals surface area (Å²) in [5, 5.41) is 5.97. The van der Waals surface area contributed by atoms with Crippen LogP contribution in [0.3, 0.4) is 0 Å². The molecule has 0 saturated carbocycles. The van der Waals surface area contributed by atoms with Gasteiger partial charge in [-0.15, -0.1) is 0 Å². The lowest BCUT2D eigenvalue weighted by Crippen LogP contribution is -2.25. The van der Waals surface area contributed by atoms with Gasteiger partial charge in [0, 0.05) is 18.4 Å². The second kappa shape index (κ2) is 6.83. The van der Waals surface area contributed by atoms with Gasteiger partial charge in [-0.2, -0.15) is 0 Å². The van der Waals surface area contributed by atoms with Crippen molar-refractivity contribution in [1.29, 1.82) is 0 Å². The highest BCUT2D eigenvalue weighted by Gasteiger charge is 2.08. The molecule has 0 spiro atoms. The summed E-state index contributed by atoms with van der Waals surface area (Å²) in [4.78, 5) is 20.3. The maximum Gasteiger partial charge on any atom is 0.270 e. The van der Waals surface area contributed by atoms with Gasteiger partial charge in [0.15, 0.2) is 0 Å². The van der Waals surface area contributed by atoms with Crippen molar-refractivity contribution >= 4 is 17.5 Å². The molecule has 0 atom stereocenters. The van der Waals surface area contributed by atoms with Crippen molar-refractivity contribution in [2.45, 2.75) is 27.2 Å². The number of hydrogen-bond donors (Lipinski definition) is 2. The van der Waals surface area contributed by atoms with Crippen molar-refractivity contribution in [3.8, 4) is 0 Å². The van der Waals surface area contributed by atoms with Crippen LogP contribution in [0.25, 0.3) is 0 Å². The molecule has 0 radical (unpaired) electrons. The predicted octanol–water partition coefficient (Wildman–Crippen LogP) is 2.98. The van der Waals surface area contributed by atoms with E-state index in [1.165, 1.54) is 0 Å². The average molecular weight is 284 g/mol. The molecule has 0 bridgehead atoms. The molecule has 1 aromatic heterocycles. The molecule has 0 fully saturated rings. The van der Waals surface area contributed by atoms with Crippen LogP contribution >= 0.6 is 0 Å². The van der Waals surface area contributed by atoms with E-state index in [0.29, 0.717) is 18.2 Å². The van der Waals surface area contributed by atoms with Gasteiger partial charge in [0.25, 0.3) is 5.91 Å². The number of anilines is 2. The van der Waals surface area contributed by atoms with E-state index in [1.807, 2.05) is 32.9 Å². The van der Waals surface area contributed by atoms with E-state index < -0.39 is 0 Å². The molecule has 110 valence electrons. The largest absolute Gasteiger partial charge is 0.351 e. The number of nitrogens with zero attached hydrogens (tertiary/aromatic N) is 2. The van der Waals surface area contributed by atoms with Crippen molar-refractivity contribution in [2.24, 2.45) is 0 Å². The minimum Gasteiger partial charge on any atom is -0.351 e.